The number of aliphatic hydroxyl groups excluding tert-OH is 1. The maximum atomic E-state index is 13.5. The number of thiophene rings is 1. The van der Waals surface area contributed by atoms with Crippen LogP contribution in [0.4, 0.5) is 5.69 Å². The molecule has 4 heterocycles. The first kappa shape index (κ1) is 35.2. The average molecular weight is 739 g/mol. The van der Waals surface area contributed by atoms with E-state index in [0.717, 1.165) is 38.8 Å². The smallest absolute Gasteiger partial charge is 0.225 e. The maximum Gasteiger partial charge on any atom is 0.225 e. The number of nitrogens with zero attached hydrogens (tertiary/aromatic N) is 6. The molecule has 1 unspecified atom stereocenters. The number of nitrogens with one attached hydrogen (secondary N) is 2. The number of rotatable bonds is 9. The van der Waals surface area contributed by atoms with E-state index in [1.807, 2.05) is 73.9 Å². The average Bonchev–Trinajstić information content (AvgIpc) is 3.74. The summed E-state index contributed by atoms with van der Waals surface area (Å²) in [7, 11) is 0. The summed E-state index contributed by atoms with van der Waals surface area (Å²) >= 11 is 7.90. The molecule has 14 heteroatoms. The van der Waals surface area contributed by atoms with Gasteiger partial charge in [-0.15, -0.1) is 21.5 Å². The van der Waals surface area contributed by atoms with Gasteiger partial charge in [0.25, 0.3) is 0 Å². The van der Waals surface area contributed by atoms with Gasteiger partial charge < -0.3 is 20.6 Å². The number of hydrazone groups is 1. The molecule has 3 aromatic carbocycles. The standard InChI is InChI=1S/C38H39ClN8O4S/c1-19(2)27-16-28(31(49)18-30(27)48)35-43-45-38(51)47(35)26-12-6-23(7-13-26)14-15-40-32(50)17-29-36-44-42-22(5)46(36)37-33(20(3)21(4)52-37)34(41-29)24-8-10-25(39)11-9-24/h6-13,16,18-19,29,38,45,48-49,51H,14-15,17H2,1-5H3,(H,40,50)/t29-,38?/m0/s1. The highest BCUT2D eigenvalue weighted by Crippen LogP contribution is 2.40. The molecule has 0 aliphatic carbocycles. The third kappa shape index (κ3) is 6.51. The molecule has 2 aromatic heterocycles. The molecule has 2 aliphatic heterocycles. The van der Waals surface area contributed by atoms with Crippen LogP contribution in [0.25, 0.3) is 5.00 Å². The summed E-state index contributed by atoms with van der Waals surface area (Å²) in [6.07, 6.45) is -0.499. The van der Waals surface area contributed by atoms with Gasteiger partial charge in [-0.05, 0) is 80.1 Å². The number of phenols is 2. The van der Waals surface area contributed by atoms with Crippen molar-refractivity contribution < 1.29 is 20.1 Å². The molecular formula is C38H39ClN8O4S. The van der Waals surface area contributed by atoms with Crippen molar-refractivity contribution in [3.05, 3.63) is 116 Å². The van der Waals surface area contributed by atoms with Crippen molar-refractivity contribution in [3.8, 4) is 16.5 Å². The number of aromatic hydroxyl groups is 2. The Bertz CT molecular complexity index is 2230. The van der Waals surface area contributed by atoms with Crippen LogP contribution in [-0.2, 0) is 11.2 Å². The lowest BCUT2D eigenvalue weighted by Gasteiger charge is -2.24. The lowest BCUT2D eigenvalue weighted by Crippen LogP contribution is -2.40. The Labute approximate surface area is 310 Å². The van der Waals surface area contributed by atoms with Crippen LogP contribution in [0.2, 0.25) is 5.02 Å². The summed E-state index contributed by atoms with van der Waals surface area (Å²) in [4.78, 5) is 21.4. The van der Waals surface area contributed by atoms with Crippen LogP contribution in [0, 0.1) is 20.8 Å². The van der Waals surface area contributed by atoms with Crippen LogP contribution >= 0.6 is 22.9 Å². The van der Waals surface area contributed by atoms with Gasteiger partial charge in [0.15, 0.2) is 11.7 Å². The van der Waals surface area contributed by atoms with E-state index >= 15 is 0 Å². The van der Waals surface area contributed by atoms with E-state index in [2.05, 4.69) is 39.9 Å². The molecule has 2 atom stereocenters. The van der Waals surface area contributed by atoms with Gasteiger partial charge in [0.1, 0.15) is 28.4 Å². The molecule has 1 amide bonds. The van der Waals surface area contributed by atoms with E-state index in [0.29, 0.717) is 46.5 Å². The number of hydrogen-bond acceptors (Lipinski definition) is 11. The quantitative estimate of drug-likeness (QED) is 0.121. The summed E-state index contributed by atoms with van der Waals surface area (Å²) < 4.78 is 2.03. The van der Waals surface area contributed by atoms with E-state index in [-0.39, 0.29) is 29.7 Å². The second-order valence-electron chi connectivity index (χ2n) is 13.3. The molecule has 0 saturated carbocycles. The van der Waals surface area contributed by atoms with Crippen molar-refractivity contribution in [2.24, 2.45) is 10.1 Å². The van der Waals surface area contributed by atoms with Crippen molar-refractivity contribution in [2.45, 2.75) is 65.8 Å². The largest absolute Gasteiger partial charge is 0.508 e. The SMILES string of the molecule is Cc1sc2c(c1C)C(c1ccc(Cl)cc1)=N[C@@H](CC(=O)NCCc1ccc(N3C(c4cc(C(C)C)c(O)cc4O)=NNC3O)cc1)c1nnc(C)n1-2. The number of hydrogen-bond donors (Lipinski definition) is 5. The van der Waals surface area contributed by atoms with Gasteiger partial charge in [-0.1, -0.05) is 49.7 Å². The number of aliphatic hydroxyl groups is 1. The number of carbonyl (C=O) groups excluding carboxylic acids is 1. The normalized spacial score (nSPS) is 16.6. The minimum Gasteiger partial charge on any atom is -0.508 e. The van der Waals surface area contributed by atoms with Crippen LogP contribution in [-0.4, -0.2) is 60.4 Å². The Morgan fingerprint density at radius 2 is 1.75 bits per heavy atom. The highest BCUT2D eigenvalue weighted by molar-refractivity contribution is 7.15. The van der Waals surface area contributed by atoms with Crippen molar-refractivity contribution in [1.29, 1.82) is 0 Å². The van der Waals surface area contributed by atoms with Crippen LogP contribution in [0.5, 0.6) is 11.5 Å². The molecule has 2 aliphatic rings. The van der Waals surface area contributed by atoms with Gasteiger partial charge >= 0.3 is 0 Å². The van der Waals surface area contributed by atoms with E-state index in [1.54, 1.807) is 22.3 Å². The first-order chi connectivity index (χ1) is 24.9. The van der Waals surface area contributed by atoms with Gasteiger partial charge in [-0.3, -0.25) is 24.7 Å². The summed E-state index contributed by atoms with van der Waals surface area (Å²) in [5.41, 5.74) is 9.15. The lowest BCUT2D eigenvalue weighted by atomic mass is 9.98. The molecule has 0 saturated heterocycles. The Morgan fingerprint density at radius 3 is 2.46 bits per heavy atom. The third-order valence-corrected chi connectivity index (χ3v) is 10.9. The minimum atomic E-state index is -1.16. The van der Waals surface area contributed by atoms with Gasteiger partial charge in [0.05, 0.1) is 17.7 Å². The highest BCUT2D eigenvalue weighted by Gasteiger charge is 2.33. The zero-order valence-electron chi connectivity index (χ0n) is 29.3. The molecule has 7 rings (SSSR count). The van der Waals surface area contributed by atoms with Gasteiger partial charge in [0, 0.05) is 39.3 Å². The summed E-state index contributed by atoms with van der Waals surface area (Å²) in [6, 6.07) is 17.5. The van der Waals surface area contributed by atoms with Gasteiger partial charge in [-0.2, -0.15) is 5.10 Å². The van der Waals surface area contributed by atoms with Crippen molar-refractivity contribution in [2.75, 3.05) is 11.4 Å². The summed E-state index contributed by atoms with van der Waals surface area (Å²) in [5.74, 6) is 1.36. The molecule has 0 fully saturated rings. The molecule has 0 radical (unpaired) electrons. The number of phenolic OH excluding ortho intramolecular Hbond substituents is 2. The van der Waals surface area contributed by atoms with E-state index in [9.17, 15) is 20.1 Å². The number of aromatic nitrogens is 3. The monoisotopic (exact) mass is 738 g/mol. The first-order valence-corrected chi connectivity index (χ1v) is 18.2. The number of carbonyl (C=O) groups is 1. The van der Waals surface area contributed by atoms with Crippen LogP contribution in [0.3, 0.4) is 0 Å². The van der Waals surface area contributed by atoms with E-state index < -0.39 is 12.4 Å². The molecule has 5 N–H and O–H groups in total. The fraction of sp³-hybridized carbons (Fsp3) is 0.289. The Morgan fingerprint density at radius 1 is 1.02 bits per heavy atom. The van der Waals surface area contributed by atoms with Crippen LogP contribution < -0.4 is 15.6 Å². The van der Waals surface area contributed by atoms with Crippen LogP contribution in [0.1, 0.15) is 82.1 Å². The molecule has 52 heavy (non-hydrogen) atoms. The predicted molar refractivity (Wildman–Crippen MR) is 203 cm³/mol. The summed E-state index contributed by atoms with van der Waals surface area (Å²) in [6.45, 7) is 10.4. The van der Waals surface area contributed by atoms with E-state index in [1.165, 1.54) is 10.9 Å². The number of anilines is 1. The number of fused-ring (bicyclic) bond motifs is 3. The fourth-order valence-corrected chi connectivity index (χ4v) is 7.92. The van der Waals surface area contributed by atoms with Gasteiger partial charge in [-0.25, -0.2) is 0 Å². The molecular weight excluding hydrogens is 700 g/mol. The highest BCUT2D eigenvalue weighted by atomic mass is 35.5. The number of aryl methyl sites for hydroxylation is 2. The first-order valence-electron chi connectivity index (χ1n) is 17.0. The number of benzene rings is 3. The predicted octanol–water partition coefficient (Wildman–Crippen LogP) is 6.13. The minimum absolute atomic E-state index is 0.00336. The fourth-order valence-electron chi connectivity index (χ4n) is 6.59. The summed E-state index contributed by atoms with van der Waals surface area (Å²) in [5, 5.41) is 49.5. The second kappa shape index (κ2) is 14.1. The molecule has 5 aromatic rings. The molecule has 0 bridgehead atoms. The zero-order valence-corrected chi connectivity index (χ0v) is 30.9. The van der Waals surface area contributed by atoms with Crippen molar-refractivity contribution in [1.82, 2.24) is 25.5 Å². The number of halogens is 1. The zero-order chi connectivity index (χ0) is 36.8. The maximum absolute atomic E-state index is 13.5. The molecule has 0 spiro atoms. The molecule has 12 nitrogen and oxygen atoms in total. The third-order valence-electron chi connectivity index (χ3n) is 9.45. The van der Waals surface area contributed by atoms with Crippen molar-refractivity contribution in [3.63, 3.8) is 0 Å². The van der Waals surface area contributed by atoms with Crippen molar-refractivity contribution >= 4 is 46.1 Å². The Kier molecular flexibility index (Phi) is 9.51. The Balaban J connectivity index is 1.06. The Hall–Kier alpha value is -5.24. The number of amidine groups is 1. The molecule has 268 valence electrons. The van der Waals surface area contributed by atoms with Crippen LogP contribution in [0.15, 0.2) is 70.8 Å². The lowest BCUT2D eigenvalue weighted by molar-refractivity contribution is -0.121. The number of amides is 1. The number of aliphatic imine (C=N–C) groups is 1. The topological polar surface area (TPSA) is 160 Å². The second-order valence-corrected chi connectivity index (χ2v) is 14.9. The van der Waals surface area contributed by atoms with Gasteiger partial charge in [0.2, 0.25) is 12.3 Å². The van der Waals surface area contributed by atoms with E-state index in [4.69, 9.17) is 16.6 Å².